The first-order chi connectivity index (χ1) is 18.4. The Balaban J connectivity index is 1.60. The highest BCUT2D eigenvalue weighted by Crippen LogP contribution is 2.70. The van der Waals surface area contributed by atoms with E-state index in [0.29, 0.717) is 23.0 Å². The van der Waals surface area contributed by atoms with Crippen molar-refractivity contribution < 1.29 is 0 Å². The molecule has 4 saturated carbocycles. The number of allylic oxidation sites excluding steroid dienone is 3. The van der Waals surface area contributed by atoms with Gasteiger partial charge in [-0.2, -0.15) is 0 Å². The summed E-state index contributed by atoms with van der Waals surface area (Å²) in [4.78, 5) is 0. The highest BCUT2D eigenvalue weighted by atomic mass is 31.0. The Morgan fingerprint density at radius 1 is 0.821 bits per heavy atom. The van der Waals surface area contributed by atoms with Crippen LogP contribution in [0.2, 0.25) is 44.8 Å². The summed E-state index contributed by atoms with van der Waals surface area (Å²) >= 11 is 0. The molecule has 0 spiro atoms. The van der Waals surface area contributed by atoms with E-state index in [9.17, 15) is 0 Å². The van der Waals surface area contributed by atoms with Gasteiger partial charge in [-0.3, -0.25) is 0 Å². The van der Waals surface area contributed by atoms with Crippen LogP contribution in [0.5, 0.6) is 0 Å². The second kappa shape index (κ2) is 10.7. The monoisotopic (exact) mass is 602 g/mol. The summed E-state index contributed by atoms with van der Waals surface area (Å²) in [7, 11) is 4.00. The van der Waals surface area contributed by atoms with Crippen molar-refractivity contribution in [2.24, 2.45) is 29.1 Å². The summed E-state index contributed by atoms with van der Waals surface area (Å²) < 4.78 is 0. The molecule has 2 N–H and O–H groups in total. The Bertz CT molecular complexity index is 948. The third-order valence-electron chi connectivity index (χ3n) is 12.6. The van der Waals surface area contributed by atoms with Crippen LogP contribution >= 0.6 is 18.5 Å². The molecule has 0 aromatic heterocycles. The van der Waals surface area contributed by atoms with Crippen molar-refractivity contribution in [1.82, 2.24) is 10.6 Å². The zero-order valence-electron chi connectivity index (χ0n) is 26.2. The Morgan fingerprint density at radius 2 is 1.33 bits per heavy atom. The molecule has 2 saturated heterocycles. The first kappa shape index (κ1) is 29.8. The van der Waals surface area contributed by atoms with Crippen LogP contribution in [-0.4, -0.2) is 52.6 Å². The topological polar surface area (TPSA) is 24.1 Å². The molecule has 5 atom stereocenters. The Morgan fingerprint density at radius 3 is 1.72 bits per heavy atom. The fraction of sp³-hybridized carbons (Fsp3) is 0.879. The SMILES string of the molecule is C[Si](C)(C)C1=C(C2(CP)C3CC4CC(C3)CC2C4)C(C(P)(C2CCCCN2)C2CCCCN2)=CC1[Si](C)(C)C. The highest BCUT2D eigenvalue weighted by Gasteiger charge is 2.63. The van der Waals surface area contributed by atoms with E-state index in [1.54, 1.807) is 6.42 Å². The lowest BCUT2D eigenvalue weighted by Gasteiger charge is -2.64. The van der Waals surface area contributed by atoms with E-state index in [2.05, 4.69) is 74.5 Å². The predicted octanol–water partition coefficient (Wildman–Crippen LogP) is 8.02. The van der Waals surface area contributed by atoms with Crippen molar-refractivity contribution >= 4 is 34.6 Å². The first-order valence-electron chi connectivity index (χ1n) is 16.8. The fourth-order valence-electron chi connectivity index (χ4n) is 11.0. The summed E-state index contributed by atoms with van der Waals surface area (Å²) in [6.45, 7) is 18.6. The molecular weight excluding hydrogens is 542 g/mol. The van der Waals surface area contributed by atoms with Gasteiger partial charge in [0.05, 0.1) is 16.1 Å². The van der Waals surface area contributed by atoms with Crippen molar-refractivity contribution in [3.05, 3.63) is 22.4 Å². The molecule has 5 aliphatic carbocycles. The lowest BCUT2D eigenvalue weighted by atomic mass is 9.43. The minimum absolute atomic E-state index is 0.0942. The maximum absolute atomic E-state index is 4.15. The lowest BCUT2D eigenvalue weighted by molar-refractivity contribution is -0.0740. The average molecular weight is 603 g/mol. The Hall–Kier alpha value is 0.694. The van der Waals surface area contributed by atoms with Gasteiger partial charge >= 0.3 is 0 Å². The van der Waals surface area contributed by atoms with Crippen LogP contribution in [0.4, 0.5) is 0 Å². The summed E-state index contributed by atoms with van der Waals surface area (Å²) in [5.74, 6) is 3.86. The van der Waals surface area contributed by atoms with Gasteiger partial charge in [0.1, 0.15) is 0 Å². The van der Waals surface area contributed by atoms with Crippen LogP contribution in [-0.2, 0) is 0 Å². The van der Waals surface area contributed by atoms with Gasteiger partial charge in [-0.05, 0) is 117 Å². The minimum Gasteiger partial charge on any atom is -0.313 e. The van der Waals surface area contributed by atoms with E-state index < -0.39 is 16.1 Å². The zero-order valence-corrected chi connectivity index (χ0v) is 30.5. The molecule has 0 amide bonds. The number of hydrogen-bond donors (Lipinski definition) is 2. The van der Waals surface area contributed by atoms with E-state index in [-0.39, 0.29) is 5.16 Å². The van der Waals surface area contributed by atoms with Gasteiger partial charge in [-0.15, -0.1) is 18.5 Å². The summed E-state index contributed by atoms with van der Waals surface area (Å²) in [5.41, 5.74) is 4.92. The van der Waals surface area contributed by atoms with Gasteiger partial charge in [0, 0.05) is 22.7 Å². The Labute approximate surface area is 248 Å². The third kappa shape index (κ3) is 4.85. The van der Waals surface area contributed by atoms with Gasteiger partial charge in [0.2, 0.25) is 0 Å². The van der Waals surface area contributed by atoms with Crippen LogP contribution in [0.3, 0.4) is 0 Å². The number of hydrogen-bond acceptors (Lipinski definition) is 2. The predicted molar refractivity (Wildman–Crippen MR) is 183 cm³/mol. The lowest BCUT2D eigenvalue weighted by Crippen LogP contribution is -2.63. The van der Waals surface area contributed by atoms with Crippen molar-refractivity contribution in [3.63, 3.8) is 0 Å². The van der Waals surface area contributed by atoms with E-state index in [1.165, 1.54) is 83.5 Å². The van der Waals surface area contributed by atoms with Crippen LogP contribution in [0.25, 0.3) is 0 Å². The smallest absolute Gasteiger partial charge is 0.0732 e. The molecule has 7 rings (SSSR count). The van der Waals surface area contributed by atoms with Crippen molar-refractivity contribution in [3.8, 4) is 0 Å². The zero-order chi connectivity index (χ0) is 27.8. The van der Waals surface area contributed by atoms with Crippen molar-refractivity contribution in [2.45, 2.75) is 133 Å². The molecule has 7 aliphatic rings. The highest BCUT2D eigenvalue weighted by molar-refractivity contribution is 7.20. The number of nitrogens with one attached hydrogen (secondary N) is 2. The van der Waals surface area contributed by atoms with Gasteiger partial charge < -0.3 is 10.6 Å². The molecule has 5 unspecified atom stereocenters. The van der Waals surface area contributed by atoms with Crippen molar-refractivity contribution in [2.75, 3.05) is 19.3 Å². The van der Waals surface area contributed by atoms with E-state index >= 15 is 0 Å². The molecule has 220 valence electrons. The fourth-order valence-corrected chi connectivity index (χ4v) is 19.1. The molecule has 6 heteroatoms. The third-order valence-corrected chi connectivity index (χ3v) is 19.1. The van der Waals surface area contributed by atoms with E-state index in [4.69, 9.17) is 0 Å². The van der Waals surface area contributed by atoms with Crippen molar-refractivity contribution in [1.29, 1.82) is 0 Å². The summed E-state index contributed by atoms with van der Waals surface area (Å²) in [6.07, 6.45) is 20.0. The molecule has 0 radical (unpaired) electrons. The van der Waals surface area contributed by atoms with Gasteiger partial charge in [0.25, 0.3) is 0 Å². The average Bonchev–Trinajstić information content (AvgIpc) is 3.32. The first-order valence-corrected chi connectivity index (χ1v) is 25.3. The summed E-state index contributed by atoms with van der Waals surface area (Å²) in [5, 5.41) is 10.4. The molecular formula is C33H60N2P2Si2. The molecule has 2 nitrogen and oxygen atoms in total. The number of piperidine rings is 2. The molecule has 2 heterocycles. The normalized spacial score (nSPS) is 42.6. The molecule has 6 fully saturated rings. The molecule has 2 aliphatic heterocycles. The standard InChI is InChI=1S/C33H60N2P2Si2/c1-38(2,3)27-20-26(33(37,28-11-7-9-13-34-28)29-12-8-10-14-35-29)30(31(27)39(4,5)6)32(21-36)24-16-22-15-23(18-24)19-25(32)17-22/h20,22-25,27-29,34-35H,7-19,21,36-37H2,1-6H3. The van der Waals surface area contributed by atoms with Crippen LogP contribution in [0.1, 0.15) is 70.6 Å². The van der Waals surface area contributed by atoms with Gasteiger partial charge in [-0.1, -0.05) is 63.4 Å². The Kier molecular flexibility index (Phi) is 8.16. The minimum atomic E-state index is -1.58. The molecule has 0 aromatic rings. The van der Waals surface area contributed by atoms with Crippen LogP contribution < -0.4 is 10.6 Å². The maximum Gasteiger partial charge on any atom is 0.0732 e. The molecule has 39 heavy (non-hydrogen) atoms. The van der Waals surface area contributed by atoms with Gasteiger partial charge in [-0.25, -0.2) is 0 Å². The molecule has 4 bridgehead atoms. The van der Waals surface area contributed by atoms with Crippen LogP contribution in [0, 0.1) is 29.1 Å². The quantitative estimate of drug-likeness (QED) is 0.228. The second-order valence-electron chi connectivity index (χ2n) is 16.9. The second-order valence-corrected chi connectivity index (χ2v) is 28.7. The summed E-state index contributed by atoms with van der Waals surface area (Å²) in [6, 6.07) is 1.13. The van der Waals surface area contributed by atoms with E-state index in [0.717, 1.165) is 23.7 Å². The number of rotatable bonds is 7. The molecule has 0 aromatic carbocycles. The largest absolute Gasteiger partial charge is 0.313 e. The maximum atomic E-state index is 4.15. The van der Waals surface area contributed by atoms with Gasteiger partial charge in [0.15, 0.2) is 0 Å². The van der Waals surface area contributed by atoms with Crippen LogP contribution in [0.15, 0.2) is 22.4 Å². The van der Waals surface area contributed by atoms with E-state index in [1.807, 2.05) is 16.3 Å².